The molecule has 7 aliphatic heterocycles. The van der Waals surface area contributed by atoms with Crippen molar-refractivity contribution in [1.29, 1.82) is 0 Å². The molecule has 5 amide bonds. The molecule has 6 aromatic rings. The van der Waals surface area contributed by atoms with Crippen LogP contribution in [-0.4, -0.2) is 173 Å². The summed E-state index contributed by atoms with van der Waals surface area (Å²) in [6.45, 7) is 10.1. The summed E-state index contributed by atoms with van der Waals surface area (Å²) in [4.78, 5) is 126. The van der Waals surface area contributed by atoms with Crippen molar-refractivity contribution in [3.8, 4) is 62.9 Å². The molecule has 2 saturated heterocycles. The van der Waals surface area contributed by atoms with Crippen LogP contribution in [0.1, 0.15) is 183 Å². The second-order valence-corrected chi connectivity index (χ2v) is 36.2. The molecule has 6 aromatic carbocycles. The van der Waals surface area contributed by atoms with Crippen LogP contribution in [0.5, 0.6) is 51.7 Å². The van der Waals surface area contributed by atoms with Crippen LogP contribution in [-0.2, 0) is 52.6 Å². The zero-order valence-electron chi connectivity index (χ0n) is 68.1. The minimum atomic E-state index is -2.18. The van der Waals surface area contributed by atoms with Crippen molar-refractivity contribution in [2.45, 2.75) is 227 Å². The molecule has 17 rings (SSSR count). The molecule has 4 aliphatic carbocycles. The highest BCUT2D eigenvalue weighted by Crippen LogP contribution is 2.59. The maximum atomic E-state index is 16.8. The number of benzene rings is 6. The number of aliphatic hydroxyl groups is 6. The highest BCUT2D eigenvalue weighted by Gasteiger charge is 2.53. The zero-order chi connectivity index (χ0) is 87.2. The Balaban J connectivity index is 0.962. The van der Waals surface area contributed by atoms with Crippen LogP contribution in [0, 0.1) is 47.3 Å². The first-order valence-electron chi connectivity index (χ1n) is 41.6. The molecule has 6 fully saturated rings. The Labute approximate surface area is 718 Å². The number of rotatable bonds is 20. The van der Waals surface area contributed by atoms with Crippen LogP contribution in [0.2, 0.25) is 10.0 Å². The van der Waals surface area contributed by atoms with E-state index in [0.29, 0.717) is 41.9 Å². The smallest absolute Gasteiger partial charge is 0.246 e. The summed E-state index contributed by atoms with van der Waals surface area (Å²) < 4.78 is 47.8. The molecule has 15 bridgehead atoms. The number of aromatic hydroxyl groups is 3. The highest BCUT2D eigenvalue weighted by atomic mass is 35.5. The lowest BCUT2D eigenvalue weighted by atomic mass is 9.51. The number of Topliss-reactive ketones (excluding diaryl/α,β-unsaturated/α-hetero) is 3. The molecule has 7 heterocycles. The van der Waals surface area contributed by atoms with Crippen molar-refractivity contribution in [2.24, 2.45) is 53.1 Å². The lowest BCUT2D eigenvalue weighted by Gasteiger charge is -2.54. The number of phenolic OH excluding ortho intramolecular Hbond substituents is 3. The number of hydrogen-bond donors (Lipinski definition) is 15. The highest BCUT2D eigenvalue weighted by molar-refractivity contribution is 7.98. The Morgan fingerprint density at radius 3 is 1.96 bits per heavy atom. The summed E-state index contributed by atoms with van der Waals surface area (Å²) in [5, 5.41) is 118. The Bertz CT molecular complexity index is 4930. The quantitative estimate of drug-likeness (QED) is 0.0316. The summed E-state index contributed by atoms with van der Waals surface area (Å²) in [7, 11) is 0. The van der Waals surface area contributed by atoms with Gasteiger partial charge < -0.3 is 106 Å². The third kappa shape index (κ3) is 19.2. The number of phenols is 3. The summed E-state index contributed by atoms with van der Waals surface area (Å²) in [6, 6.07) is 14.3. The van der Waals surface area contributed by atoms with Gasteiger partial charge in [0, 0.05) is 65.6 Å². The average molecular weight is 1740 g/mol. The number of halogens is 2. The van der Waals surface area contributed by atoms with Crippen LogP contribution in [0.25, 0.3) is 11.1 Å². The molecular weight excluding hydrogens is 1640 g/mol. The van der Waals surface area contributed by atoms with Crippen LogP contribution in [0.3, 0.4) is 0 Å². The Morgan fingerprint density at radius 2 is 1.34 bits per heavy atom. The molecule has 11 aliphatic rings. The van der Waals surface area contributed by atoms with E-state index in [1.54, 1.807) is 38.1 Å². The molecule has 0 unspecified atom stereocenters. The summed E-state index contributed by atoms with van der Waals surface area (Å²) >= 11 is 15.4. The van der Waals surface area contributed by atoms with Crippen molar-refractivity contribution in [2.75, 3.05) is 13.2 Å². The largest absolute Gasteiger partial charge is 0.508 e. The monoisotopic (exact) mass is 1740 g/mol. The number of carbonyl (C=O) groups excluding carboxylic acids is 8. The second kappa shape index (κ2) is 37.3. The van der Waals surface area contributed by atoms with E-state index in [-0.39, 0.29) is 97.0 Å². The number of carbonyl (C=O) groups is 8. The van der Waals surface area contributed by atoms with E-state index >= 15 is 28.8 Å². The Hall–Kier alpha value is -9.19. The number of fused-ring (bicyclic) bond motifs is 15. The first-order valence-corrected chi connectivity index (χ1v) is 43.1. The molecule has 18 atom stereocenters. The number of amides is 5. The van der Waals surface area contributed by atoms with E-state index in [0.717, 1.165) is 80.8 Å². The van der Waals surface area contributed by atoms with E-state index in [4.69, 9.17) is 62.1 Å². The van der Waals surface area contributed by atoms with Crippen molar-refractivity contribution >= 4 is 82.0 Å². The molecular formula is C89H104Cl2N6O24S. The average Bonchev–Trinajstić information content (AvgIpc) is 0.637. The van der Waals surface area contributed by atoms with Gasteiger partial charge in [-0.3, -0.25) is 43.1 Å². The van der Waals surface area contributed by atoms with Gasteiger partial charge in [0.1, 0.15) is 89.2 Å². The maximum Gasteiger partial charge on any atom is 0.246 e. The van der Waals surface area contributed by atoms with Gasteiger partial charge in [-0.15, -0.1) is 0 Å². The van der Waals surface area contributed by atoms with Crippen molar-refractivity contribution in [1.82, 2.24) is 26.0 Å². The van der Waals surface area contributed by atoms with Gasteiger partial charge in [0.15, 0.2) is 41.2 Å². The van der Waals surface area contributed by atoms with Crippen LogP contribution >= 0.6 is 35.1 Å². The van der Waals surface area contributed by atoms with Gasteiger partial charge in [-0.25, -0.2) is 0 Å². The lowest BCUT2D eigenvalue weighted by Crippen LogP contribution is -2.64. The second-order valence-electron chi connectivity index (χ2n) is 34.5. The van der Waals surface area contributed by atoms with Crippen molar-refractivity contribution in [3.05, 3.63) is 141 Å². The van der Waals surface area contributed by atoms with Gasteiger partial charge in [-0.05, 0) is 219 Å². The van der Waals surface area contributed by atoms with Crippen molar-refractivity contribution < 1.29 is 117 Å². The third-order valence-corrected chi connectivity index (χ3v) is 26.5. The van der Waals surface area contributed by atoms with Gasteiger partial charge in [0.2, 0.25) is 41.6 Å². The van der Waals surface area contributed by atoms with E-state index in [9.17, 15) is 55.5 Å². The van der Waals surface area contributed by atoms with Gasteiger partial charge >= 0.3 is 0 Å². The summed E-state index contributed by atoms with van der Waals surface area (Å²) in [5.74, 6) is -14.5. The van der Waals surface area contributed by atoms with Gasteiger partial charge in [-0.1, -0.05) is 69.1 Å². The minimum Gasteiger partial charge on any atom is -0.508 e. The van der Waals surface area contributed by atoms with Gasteiger partial charge in [-0.2, -0.15) is 0 Å². The Morgan fingerprint density at radius 1 is 0.697 bits per heavy atom. The van der Waals surface area contributed by atoms with E-state index < -0.39 is 216 Å². The summed E-state index contributed by atoms with van der Waals surface area (Å²) in [5.41, 5.74) is 3.77. The van der Waals surface area contributed by atoms with E-state index in [2.05, 4.69) is 26.0 Å². The number of ether oxygens (including phenoxy) is 7. The SMILES string of the molecule is CCCOc1ccc(SNC(=O)C[C@@H]2CC(=O)[C@H](NC(=O)[C@@H](CC)CC(C)C)[C@H](O)c3ccc(c(Cl)c3)Oc3cc4cc(c3O[C@@H]3O[C@H](CO)[C@H](O)[C@H](O)[C@@H]3O[C@H]3C[C@](C)(N)[C@H](O)[C@H](C)O3)Oc3ccc(cc3Cl)[C@H](O)[C@H]3NC(=O)[C@@H](CC(=O)[C@@H]4NC2=O)c2ccc(O)c(c2)-c2c(O)cc(O)cc2[C@@H](C(=O)CC2C4CC5CC(C4)CC2C5)NC3=O)cc1. The standard InChI is InChI=1S/C89H104Cl2N6O24S/c1-7-19-115-52-12-14-53(15-13-52)122-97-70(105)32-50-29-62(102)75(95-84(111)43(8-2)20-39(3)4)77(106)45-10-17-65(58(90)27-45)117-67-30-49-31-68(81(67)121-88-82(80(109)79(108)69(38-98)119-88)120-71-37-89(6,92)83(110)40(5)116-71)118-66-18-11-46(28-59(66)91)78(107)76-87(114)94-74(64(104)35-54-47-22-41-21-42(24-47)25-48(54)23-41)57-33-51(99)34-61(101)72(57)56-26-44(9-16-60(56)100)55(86(113)96-76)36-63(103)73(49)93-85(50)112/h9-18,26-28,30-31,33-34,39-43,47-48,50,54-55,69,71,73-80,82-83,88,98-101,106-110H,7-8,19-25,29,32,35-38,92H2,1-6H3,(H,93,112)(H,94,114)(H,95,111)(H,96,113)(H,97,105)/t40-,41?,42?,43-,47?,48?,50-,54?,55-,69+,71-,73+,74-,75-,76+,77+,78-,79-,80-,82-,83+,88-,89-/m0/s1. The maximum absolute atomic E-state index is 16.8. The fourth-order valence-corrected chi connectivity index (χ4v) is 20.0. The lowest BCUT2D eigenvalue weighted by molar-refractivity contribution is -0.333. The number of nitrogens with two attached hydrogens (primary N) is 1. The zero-order valence-corrected chi connectivity index (χ0v) is 70.4. The van der Waals surface area contributed by atoms with E-state index in [1.807, 2.05) is 20.8 Å². The summed E-state index contributed by atoms with van der Waals surface area (Å²) in [6.07, 6.45) is -14.1. The Kier molecular flexibility index (Phi) is 27.3. The molecule has 16 N–H and O–H groups in total. The normalized spacial score (nSPS) is 31.0. The molecule has 0 radical (unpaired) electrons. The predicted molar refractivity (Wildman–Crippen MR) is 442 cm³/mol. The van der Waals surface area contributed by atoms with Crippen LogP contribution in [0.15, 0.2) is 108 Å². The molecule has 4 saturated carbocycles. The minimum absolute atomic E-state index is 0.0226. The van der Waals surface area contributed by atoms with E-state index in [1.165, 1.54) is 55.5 Å². The van der Waals surface area contributed by atoms with Crippen LogP contribution in [0.4, 0.5) is 0 Å². The third-order valence-electron chi connectivity index (χ3n) is 25.1. The van der Waals surface area contributed by atoms with Crippen LogP contribution < -0.4 is 50.7 Å². The first-order chi connectivity index (χ1) is 58.1. The first kappa shape index (κ1) is 89.1. The number of ketones is 3. The fraction of sp³-hybridized carbons (Fsp3) is 0.506. The number of aliphatic hydroxyl groups excluding tert-OH is 6. The van der Waals surface area contributed by atoms with Gasteiger partial charge in [0.05, 0.1) is 47.3 Å². The molecule has 0 spiro atoms. The molecule has 122 heavy (non-hydrogen) atoms. The molecule has 654 valence electrons. The number of nitrogens with one attached hydrogen (secondary N) is 5. The predicted octanol–water partition coefficient (Wildman–Crippen LogP) is 9.59. The van der Waals surface area contributed by atoms with Crippen molar-refractivity contribution in [3.63, 3.8) is 0 Å². The molecule has 0 aromatic heterocycles. The fourth-order valence-electron chi connectivity index (χ4n) is 19.0. The number of hydrogen-bond acceptors (Lipinski definition) is 26. The molecule has 33 heteroatoms. The van der Waals surface area contributed by atoms with Gasteiger partial charge in [0.25, 0.3) is 0 Å². The topological polar surface area (TPSA) is 469 Å². The molecule has 30 nitrogen and oxygen atoms in total.